The maximum atomic E-state index is 12.0. The van der Waals surface area contributed by atoms with Gasteiger partial charge in [-0.2, -0.15) is 0 Å². The summed E-state index contributed by atoms with van der Waals surface area (Å²) in [6.45, 7) is 0.00734. The molecular formula is C21H21NO4. The van der Waals surface area contributed by atoms with Crippen molar-refractivity contribution in [2.45, 2.75) is 6.10 Å². The highest BCUT2D eigenvalue weighted by Gasteiger charge is 2.12. The number of hydrogen-bond donors (Lipinski definition) is 2. The van der Waals surface area contributed by atoms with Gasteiger partial charge in [-0.05, 0) is 40.6 Å². The predicted molar refractivity (Wildman–Crippen MR) is 100 cm³/mol. The summed E-state index contributed by atoms with van der Waals surface area (Å²) in [5.41, 5.74) is 0.791. The molecule has 0 saturated heterocycles. The maximum Gasteiger partial charge on any atom is 0.258 e. The van der Waals surface area contributed by atoms with Crippen LogP contribution in [0, 0.1) is 0 Å². The number of carbonyl (C=O) groups is 1. The van der Waals surface area contributed by atoms with E-state index in [1.165, 1.54) is 0 Å². The van der Waals surface area contributed by atoms with E-state index in [-0.39, 0.29) is 19.1 Å². The van der Waals surface area contributed by atoms with Crippen molar-refractivity contribution in [1.29, 1.82) is 0 Å². The van der Waals surface area contributed by atoms with E-state index in [9.17, 15) is 9.90 Å². The Balaban J connectivity index is 1.53. The third-order valence-electron chi connectivity index (χ3n) is 4.10. The number of nitrogens with one attached hydrogen (secondary N) is 1. The lowest BCUT2D eigenvalue weighted by atomic mass is 10.0. The quantitative estimate of drug-likeness (QED) is 0.686. The van der Waals surface area contributed by atoms with Crippen LogP contribution in [0.4, 0.5) is 0 Å². The smallest absolute Gasteiger partial charge is 0.258 e. The zero-order valence-corrected chi connectivity index (χ0v) is 14.5. The normalized spacial score (nSPS) is 11.8. The molecule has 1 unspecified atom stereocenters. The topological polar surface area (TPSA) is 67.8 Å². The first kappa shape index (κ1) is 17.8. The monoisotopic (exact) mass is 351 g/mol. The molecule has 3 aromatic carbocycles. The number of methoxy groups -OCH3 is 1. The van der Waals surface area contributed by atoms with Gasteiger partial charge in [-0.15, -0.1) is 0 Å². The lowest BCUT2D eigenvalue weighted by Crippen LogP contribution is -2.32. The van der Waals surface area contributed by atoms with E-state index < -0.39 is 6.10 Å². The third-order valence-corrected chi connectivity index (χ3v) is 4.10. The summed E-state index contributed by atoms with van der Waals surface area (Å²) in [4.78, 5) is 12.0. The fourth-order valence-corrected chi connectivity index (χ4v) is 2.73. The zero-order chi connectivity index (χ0) is 18.4. The van der Waals surface area contributed by atoms with Gasteiger partial charge in [0.25, 0.3) is 5.91 Å². The number of carbonyl (C=O) groups excluding carboxylic acids is 1. The Hall–Kier alpha value is -3.05. The van der Waals surface area contributed by atoms with E-state index in [0.29, 0.717) is 5.75 Å². The lowest BCUT2D eigenvalue weighted by Gasteiger charge is -2.15. The van der Waals surface area contributed by atoms with Crippen LogP contribution < -0.4 is 14.8 Å². The highest BCUT2D eigenvalue weighted by molar-refractivity contribution is 5.86. The van der Waals surface area contributed by atoms with Crippen LogP contribution >= 0.6 is 0 Å². The van der Waals surface area contributed by atoms with Gasteiger partial charge in [-0.25, -0.2) is 0 Å². The summed E-state index contributed by atoms with van der Waals surface area (Å²) in [6, 6.07) is 20.6. The number of hydrogen-bond acceptors (Lipinski definition) is 4. The second-order valence-electron chi connectivity index (χ2n) is 5.85. The van der Waals surface area contributed by atoms with Crippen LogP contribution in [-0.2, 0) is 4.79 Å². The molecule has 26 heavy (non-hydrogen) atoms. The molecule has 3 aromatic rings. The van der Waals surface area contributed by atoms with Crippen LogP contribution in [0.1, 0.15) is 11.7 Å². The number of fused-ring (bicyclic) bond motifs is 1. The predicted octanol–water partition coefficient (Wildman–Crippen LogP) is 3.08. The second-order valence-corrected chi connectivity index (χ2v) is 5.85. The van der Waals surface area contributed by atoms with Crippen molar-refractivity contribution in [3.8, 4) is 11.5 Å². The minimum Gasteiger partial charge on any atom is -0.497 e. The van der Waals surface area contributed by atoms with Crippen molar-refractivity contribution in [2.75, 3.05) is 20.3 Å². The van der Waals surface area contributed by atoms with Gasteiger partial charge in [0.1, 0.15) is 11.5 Å². The summed E-state index contributed by atoms with van der Waals surface area (Å²) in [7, 11) is 1.59. The minimum atomic E-state index is -0.786. The first-order valence-corrected chi connectivity index (χ1v) is 8.36. The molecule has 0 fully saturated rings. The molecule has 5 nitrogen and oxygen atoms in total. The Bertz CT molecular complexity index is 871. The van der Waals surface area contributed by atoms with Crippen molar-refractivity contribution in [3.05, 3.63) is 72.3 Å². The number of ether oxygens (including phenoxy) is 2. The fraction of sp³-hybridized carbons (Fsp3) is 0.190. The molecule has 0 aliphatic carbocycles. The van der Waals surface area contributed by atoms with Gasteiger partial charge in [0.15, 0.2) is 6.61 Å². The van der Waals surface area contributed by atoms with E-state index >= 15 is 0 Å². The highest BCUT2D eigenvalue weighted by atomic mass is 16.5. The molecule has 0 aromatic heterocycles. The van der Waals surface area contributed by atoms with Crippen LogP contribution in [0.15, 0.2) is 66.7 Å². The van der Waals surface area contributed by atoms with Crippen molar-refractivity contribution in [1.82, 2.24) is 5.32 Å². The molecule has 0 radical (unpaired) electrons. The SMILES string of the molecule is COc1ccc(OCC(=O)NCC(O)c2cccc3ccccc23)cc1. The average molecular weight is 351 g/mol. The van der Waals surface area contributed by atoms with Gasteiger partial charge < -0.3 is 19.9 Å². The number of rotatable bonds is 7. The van der Waals surface area contributed by atoms with E-state index in [1.54, 1.807) is 31.4 Å². The van der Waals surface area contributed by atoms with Gasteiger partial charge in [-0.3, -0.25) is 4.79 Å². The van der Waals surface area contributed by atoms with Gasteiger partial charge in [0.2, 0.25) is 0 Å². The summed E-state index contributed by atoms with van der Waals surface area (Å²) >= 11 is 0. The van der Waals surface area contributed by atoms with E-state index in [1.807, 2.05) is 42.5 Å². The standard InChI is InChI=1S/C21H21NO4/c1-25-16-9-11-17(12-10-16)26-14-21(24)22-13-20(23)19-8-4-6-15-5-2-3-7-18(15)19/h2-12,20,23H,13-14H2,1H3,(H,22,24). The van der Waals surface area contributed by atoms with Gasteiger partial charge in [0.05, 0.1) is 13.2 Å². The molecule has 0 heterocycles. The molecule has 134 valence electrons. The van der Waals surface area contributed by atoms with Crippen molar-refractivity contribution in [2.24, 2.45) is 0 Å². The summed E-state index contributed by atoms with van der Waals surface area (Å²) in [5, 5.41) is 15.2. The minimum absolute atomic E-state index is 0.116. The van der Waals surface area contributed by atoms with Crippen molar-refractivity contribution in [3.63, 3.8) is 0 Å². The largest absolute Gasteiger partial charge is 0.497 e. The van der Waals surface area contributed by atoms with Crippen LogP contribution in [0.3, 0.4) is 0 Å². The molecule has 0 aliphatic heterocycles. The zero-order valence-electron chi connectivity index (χ0n) is 14.5. The molecule has 5 heteroatoms. The number of amides is 1. The first-order valence-electron chi connectivity index (χ1n) is 8.36. The summed E-state index contributed by atoms with van der Waals surface area (Å²) in [5.74, 6) is 1.01. The molecule has 0 aliphatic rings. The Morgan fingerprint density at radius 1 is 1.00 bits per heavy atom. The van der Waals surface area contributed by atoms with Crippen LogP contribution in [0.5, 0.6) is 11.5 Å². The first-order chi connectivity index (χ1) is 12.7. The van der Waals surface area contributed by atoms with Crippen molar-refractivity contribution >= 4 is 16.7 Å². The molecule has 0 saturated carbocycles. The molecular weight excluding hydrogens is 330 g/mol. The van der Waals surface area contributed by atoms with E-state index in [0.717, 1.165) is 22.1 Å². The molecule has 0 spiro atoms. The molecule has 2 N–H and O–H groups in total. The molecule has 0 bridgehead atoms. The molecule has 1 atom stereocenters. The highest BCUT2D eigenvalue weighted by Crippen LogP contribution is 2.23. The molecule has 3 rings (SSSR count). The van der Waals surface area contributed by atoms with Crippen LogP contribution in [0.25, 0.3) is 10.8 Å². The van der Waals surface area contributed by atoms with Crippen LogP contribution in [-0.4, -0.2) is 31.3 Å². The van der Waals surface area contributed by atoms with E-state index in [2.05, 4.69) is 5.32 Å². The van der Waals surface area contributed by atoms with E-state index in [4.69, 9.17) is 9.47 Å². The Kier molecular flexibility index (Phi) is 5.71. The third kappa shape index (κ3) is 4.32. The van der Waals surface area contributed by atoms with Gasteiger partial charge in [-0.1, -0.05) is 42.5 Å². The number of benzene rings is 3. The Labute approximate surface area is 152 Å². The fourth-order valence-electron chi connectivity index (χ4n) is 2.73. The Morgan fingerprint density at radius 2 is 1.69 bits per heavy atom. The summed E-state index contributed by atoms with van der Waals surface area (Å²) in [6.07, 6.45) is -0.786. The van der Waals surface area contributed by atoms with Gasteiger partial charge in [0, 0.05) is 6.54 Å². The maximum absolute atomic E-state index is 12.0. The lowest BCUT2D eigenvalue weighted by molar-refractivity contribution is -0.123. The van der Waals surface area contributed by atoms with Crippen LogP contribution in [0.2, 0.25) is 0 Å². The van der Waals surface area contributed by atoms with Gasteiger partial charge >= 0.3 is 0 Å². The summed E-state index contributed by atoms with van der Waals surface area (Å²) < 4.78 is 10.5. The number of aliphatic hydroxyl groups is 1. The Morgan fingerprint density at radius 3 is 2.46 bits per heavy atom. The molecule has 1 amide bonds. The van der Waals surface area contributed by atoms with Crippen molar-refractivity contribution < 1.29 is 19.4 Å². The average Bonchev–Trinajstić information content (AvgIpc) is 2.70. The number of aliphatic hydroxyl groups excluding tert-OH is 1. The second kappa shape index (κ2) is 8.36.